The predicted octanol–water partition coefficient (Wildman–Crippen LogP) is 0.416. The van der Waals surface area contributed by atoms with Gasteiger partial charge in [0, 0.05) is 13.1 Å². The van der Waals surface area contributed by atoms with Gasteiger partial charge in [0.05, 0.1) is 11.5 Å². The monoisotopic (exact) mass is 405 g/mol. The second-order valence-electron chi connectivity index (χ2n) is 7.80. The maximum absolute atomic E-state index is 13.2. The van der Waals surface area contributed by atoms with Crippen LogP contribution in [-0.4, -0.2) is 67.2 Å². The smallest absolute Gasteiger partial charge is 0.325 e. The van der Waals surface area contributed by atoms with Gasteiger partial charge in [-0.25, -0.2) is 13.2 Å². The average molecular weight is 405 g/mol. The molecule has 2 atom stereocenters. The van der Waals surface area contributed by atoms with Crippen LogP contribution in [0.3, 0.4) is 0 Å². The third kappa shape index (κ3) is 2.97. The molecule has 0 saturated carbocycles. The summed E-state index contributed by atoms with van der Waals surface area (Å²) in [5.41, 5.74) is 0.718. The lowest BCUT2D eigenvalue weighted by atomic mass is 9.76. The Bertz CT molecular complexity index is 960. The van der Waals surface area contributed by atoms with Crippen LogP contribution in [0.2, 0.25) is 0 Å². The number of imide groups is 1. The van der Waals surface area contributed by atoms with Gasteiger partial charge in [-0.3, -0.25) is 14.5 Å². The fourth-order valence-electron chi connectivity index (χ4n) is 4.49. The summed E-state index contributed by atoms with van der Waals surface area (Å²) in [7, 11) is -1.61. The first-order chi connectivity index (χ1) is 13.2. The highest BCUT2D eigenvalue weighted by Crippen LogP contribution is 2.39. The van der Waals surface area contributed by atoms with Gasteiger partial charge < -0.3 is 10.2 Å². The fraction of sp³-hybridized carbons (Fsp3) is 0.526. The van der Waals surface area contributed by atoms with Crippen molar-refractivity contribution < 1.29 is 22.8 Å². The number of carbonyl (C=O) groups is 3. The maximum Gasteiger partial charge on any atom is 0.325 e. The number of hydrogen-bond donors (Lipinski definition) is 1. The summed E-state index contributed by atoms with van der Waals surface area (Å²) in [6.07, 6.45) is 2.49. The van der Waals surface area contributed by atoms with E-state index in [1.807, 2.05) is 24.3 Å². The van der Waals surface area contributed by atoms with E-state index in [2.05, 4.69) is 5.32 Å². The molecule has 0 aromatic heterocycles. The Kier molecular flexibility index (Phi) is 4.45. The number of nitrogens with zero attached hydrogens (tertiary/aromatic N) is 2. The molecule has 28 heavy (non-hydrogen) atoms. The normalized spacial score (nSPS) is 28.3. The quantitative estimate of drug-likeness (QED) is 0.734. The summed E-state index contributed by atoms with van der Waals surface area (Å²) in [6, 6.07) is 6.56. The number of hydrogen-bond acceptors (Lipinski definition) is 5. The Hall–Kier alpha value is -2.42. The molecule has 4 rings (SSSR count). The van der Waals surface area contributed by atoms with Gasteiger partial charge >= 0.3 is 6.03 Å². The zero-order chi connectivity index (χ0) is 20.1. The van der Waals surface area contributed by atoms with E-state index in [0.29, 0.717) is 12.8 Å². The Labute approximate surface area is 163 Å². The van der Waals surface area contributed by atoms with Crippen LogP contribution in [0, 0.1) is 0 Å². The first-order valence-corrected chi connectivity index (χ1v) is 11.2. The van der Waals surface area contributed by atoms with Gasteiger partial charge in [-0.05, 0) is 36.8 Å². The molecule has 2 aliphatic heterocycles. The van der Waals surface area contributed by atoms with Crippen molar-refractivity contribution in [3.05, 3.63) is 35.4 Å². The highest BCUT2D eigenvalue weighted by Gasteiger charge is 2.54. The summed E-state index contributed by atoms with van der Waals surface area (Å²) in [5.74, 6) is -0.873. The molecule has 1 aromatic carbocycles. The van der Waals surface area contributed by atoms with Crippen LogP contribution < -0.4 is 5.32 Å². The van der Waals surface area contributed by atoms with Crippen LogP contribution in [0.15, 0.2) is 24.3 Å². The van der Waals surface area contributed by atoms with Gasteiger partial charge in [-0.1, -0.05) is 24.3 Å². The zero-order valence-corrected chi connectivity index (χ0v) is 16.5. The topological polar surface area (TPSA) is 104 Å². The van der Waals surface area contributed by atoms with Gasteiger partial charge in [0.1, 0.15) is 12.1 Å². The van der Waals surface area contributed by atoms with Crippen LogP contribution in [0.25, 0.3) is 0 Å². The predicted molar refractivity (Wildman–Crippen MR) is 101 cm³/mol. The number of fused-ring (bicyclic) bond motifs is 2. The third-order valence-electron chi connectivity index (χ3n) is 6.09. The number of rotatable bonds is 3. The Morgan fingerprint density at radius 2 is 2.07 bits per heavy atom. The minimum atomic E-state index is -3.13. The molecule has 2 fully saturated rings. The molecule has 0 bridgehead atoms. The second-order valence-corrected chi connectivity index (χ2v) is 10.0. The number of urea groups is 1. The van der Waals surface area contributed by atoms with E-state index >= 15 is 0 Å². The first-order valence-electron chi connectivity index (χ1n) is 9.42. The second kappa shape index (κ2) is 6.58. The molecule has 2 heterocycles. The minimum absolute atomic E-state index is 0.0539. The van der Waals surface area contributed by atoms with Gasteiger partial charge in [0.25, 0.3) is 5.91 Å². The summed E-state index contributed by atoms with van der Waals surface area (Å²) >= 11 is 0. The first kappa shape index (κ1) is 18.9. The molecule has 150 valence electrons. The van der Waals surface area contributed by atoms with Crippen molar-refractivity contribution in [2.45, 2.75) is 37.3 Å². The maximum atomic E-state index is 13.2. The lowest BCUT2D eigenvalue weighted by molar-refractivity contribution is -0.139. The van der Waals surface area contributed by atoms with Crippen LogP contribution in [0.4, 0.5) is 4.79 Å². The number of amides is 4. The SMILES string of the molecule is CN(C(=O)CN1C(=O)N[C@]2(CCCc3ccccc32)C1=O)[C@H]1CCS(=O)(=O)C1. The van der Waals surface area contributed by atoms with Crippen molar-refractivity contribution in [3.63, 3.8) is 0 Å². The van der Waals surface area contributed by atoms with Crippen molar-refractivity contribution in [1.82, 2.24) is 15.1 Å². The minimum Gasteiger partial charge on any atom is -0.340 e. The molecule has 1 N–H and O–H groups in total. The van der Waals surface area contributed by atoms with E-state index in [4.69, 9.17) is 0 Å². The number of benzene rings is 1. The molecule has 2 saturated heterocycles. The standard InChI is InChI=1S/C19H23N3O5S/c1-21(14-8-10-28(26,27)12-14)16(23)11-22-17(24)19(20-18(22)25)9-4-6-13-5-2-3-7-15(13)19/h2-3,5,7,14H,4,6,8-12H2,1H3,(H,20,25)/t14-,19-/m0/s1. The molecular formula is C19H23N3O5S. The highest BCUT2D eigenvalue weighted by molar-refractivity contribution is 7.91. The van der Waals surface area contributed by atoms with Crippen molar-refractivity contribution in [1.29, 1.82) is 0 Å². The largest absolute Gasteiger partial charge is 0.340 e. The van der Waals surface area contributed by atoms with E-state index in [1.165, 1.54) is 11.9 Å². The Morgan fingerprint density at radius 1 is 1.32 bits per heavy atom. The Morgan fingerprint density at radius 3 is 2.79 bits per heavy atom. The molecule has 9 heteroatoms. The van der Waals surface area contributed by atoms with Crippen molar-refractivity contribution in [2.75, 3.05) is 25.1 Å². The molecule has 1 aromatic rings. The van der Waals surface area contributed by atoms with Gasteiger partial charge in [0.2, 0.25) is 5.91 Å². The molecule has 0 radical (unpaired) electrons. The molecule has 3 aliphatic rings. The molecule has 0 unspecified atom stereocenters. The number of likely N-dealkylation sites (N-methyl/N-ethyl adjacent to an activating group) is 1. The lowest BCUT2D eigenvalue weighted by Crippen LogP contribution is -2.48. The number of aryl methyl sites for hydroxylation is 1. The van der Waals surface area contributed by atoms with Gasteiger partial charge in [0.15, 0.2) is 9.84 Å². The number of sulfone groups is 1. The average Bonchev–Trinajstić information content (AvgIpc) is 3.14. The van der Waals surface area contributed by atoms with Crippen LogP contribution in [0.1, 0.15) is 30.4 Å². The van der Waals surface area contributed by atoms with Crippen molar-refractivity contribution in [2.24, 2.45) is 0 Å². The van der Waals surface area contributed by atoms with E-state index in [-0.39, 0.29) is 18.1 Å². The van der Waals surface area contributed by atoms with Crippen molar-refractivity contribution in [3.8, 4) is 0 Å². The molecule has 1 aliphatic carbocycles. The van der Waals surface area contributed by atoms with E-state index in [0.717, 1.165) is 28.9 Å². The van der Waals surface area contributed by atoms with Crippen LogP contribution in [0.5, 0.6) is 0 Å². The number of carbonyl (C=O) groups excluding carboxylic acids is 3. The highest BCUT2D eigenvalue weighted by atomic mass is 32.2. The van der Waals surface area contributed by atoms with Gasteiger partial charge in [-0.15, -0.1) is 0 Å². The number of nitrogens with one attached hydrogen (secondary N) is 1. The summed E-state index contributed by atoms with van der Waals surface area (Å²) in [5, 5.41) is 2.82. The molecular weight excluding hydrogens is 382 g/mol. The fourth-order valence-corrected chi connectivity index (χ4v) is 6.26. The third-order valence-corrected chi connectivity index (χ3v) is 7.84. The van der Waals surface area contributed by atoms with Crippen LogP contribution >= 0.6 is 0 Å². The molecule has 1 spiro atoms. The summed E-state index contributed by atoms with van der Waals surface area (Å²) in [6.45, 7) is -0.387. The summed E-state index contributed by atoms with van der Waals surface area (Å²) < 4.78 is 23.3. The molecule has 4 amide bonds. The van der Waals surface area contributed by atoms with E-state index in [9.17, 15) is 22.8 Å². The van der Waals surface area contributed by atoms with Gasteiger partial charge in [-0.2, -0.15) is 0 Å². The zero-order valence-electron chi connectivity index (χ0n) is 15.7. The van der Waals surface area contributed by atoms with Crippen LogP contribution in [-0.2, 0) is 31.4 Å². The van der Waals surface area contributed by atoms with E-state index < -0.39 is 39.3 Å². The summed E-state index contributed by atoms with van der Waals surface area (Å²) in [4.78, 5) is 40.8. The van der Waals surface area contributed by atoms with Crippen molar-refractivity contribution >= 4 is 27.7 Å². The molecule has 8 nitrogen and oxygen atoms in total. The Balaban J connectivity index is 1.54. The lowest BCUT2D eigenvalue weighted by Gasteiger charge is -2.33. The van der Waals surface area contributed by atoms with E-state index in [1.54, 1.807) is 0 Å².